The lowest BCUT2D eigenvalue weighted by atomic mass is 10.1. The van der Waals surface area contributed by atoms with Gasteiger partial charge in [0, 0.05) is 6.54 Å². The summed E-state index contributed by atoms with van der Waals surface area (Å²) in [6.07, 6.45) is 6.26. The van der Waals surface area contributed by atoms with Gasteiger partial charge in [0.05, 0.1) is 5.56 Å². The second-order valence-electron chi connectivity index (χ2n) is 4.36. The van der Waals surface area contributed by atoms with Crippen LogP contribution in [0.1, 0.15) is 31.2 Å². The molecule has 1 aromatic rings. The van der Waals surface area contributed by atoms with Crippen molar-refractivity contribution >= 4 is 0 Å². The molecule has 2 N–H and O–H groups in total. The third kappa shape index (κ3) is 2.33. The maximum absolute atomic E-state index is 11.5. The van der Waals surface area contributed by atoms with Crippen LogP contribution in [0.3, 0.4) is 0 Å². The Hall–Kier alpha value is -1.78. The van der Waals surface area contributed by atoms with E-state index in [0.29, 0.717) is 6.54 Å². The molecule has 0 aromatic carbocycles. The van der Waals surface area contributed by atoms with E-state index in [0.717, 1.165) is 19.3 Å². The zero-order valence-electron chi connectivity index (χ0n) is 9.82. The molecular weight excluding hydrogens is 220 g/mol. The van der Waals surface area contributed by atoms with Gasteiger partial charge in [-0.25, -0.2) is 4.79 Å². The van der Waals surface area contributed by atoms with Crippen molar-refractivity contribution in [3.8, 4) is 5.88 Å². The highest BCUT2D eigenvalue weighted by molar-refractivity contribution is 5.20. The van der Waals surface area contributed by atoms with Crippen molar-refractivity contribution in [1.82, 2.24) is 9.55 Å². The molecule has 0 spiro atoms. The number of nitrogens with one attached hydrogen (secondary N) is 1. The molecule has 0 bridgehead atoms. The van der Waals surface area contributed by atoms with Gasteiger partial charge in [0.1, 0.15) is 0 Å². The highest BCUT2D eigenvalue weighted by atomic mass is 16.3. The lowest BCUT2D eigenvalue weighted by molar-refractivity contribution is 0.395. The molecule has 0 unspecified atom stereocenters. The van der Waals surface area contributed by atoms with E-state index in [9.17, 15) is 14.7 Å². The Morgan fingerprint density at radius 1 is 1.47 bits per heavy atom. The SMILES string of the molecule is Cc1c(O)n(CCC2=CCCC2)c(=O)[nH]c1=O. The summed E-state index contributed by atoms with van der Waals surface area (Å²) in [6.45, 7) is 1.91. The van der Waals surface area contributed by atoms with Crippen LogP contribution < -0.4 is 11.2 Å². The first kappa shape index (κ1) is 11.7. The van der Waals surface area contributed by atoms with Crippen LogP contribution in [0.15, 0.2) is 21.2 Å². The van der Waals surface area contributed by atoms with E-state index in [2.05, 4.69) is 11.1 Å². The quantitative estimate of drug-likeness (QED) is 0.770. The van der Waals surface area contributed by atoms with Crippen LogP contribution in [0.4, 0.5) is 0 Å². The lowest BCUT2D eigenvalue weighted by Crippen LogP contribution is -2.31. The molecule has 0 amide bonds. The van der Waals surface area contributed by atoms with Crippen LogP contribution in [0.2, 0.25) is 0 Å². The number of hydrogen-bond donors (Lipinski definition) is 2. The van der Waals surface area contributed by atoms with E-state index in [1.54, 1.807) is 0 Å². The minimum Gasteiger partial charge on any atom is -0.494 e. The minimum atomic E-state index is -0.545. The molecule has 0 fully saturated rings. The van der Waals surface area contributed by atoms with Crippen LogP contribution in [-0.2, 0) is 6.54 Å². The molecule has 5 nitrogen and oxygen atoms in total. The van der Waals surface area contributed by atoms with Crippen molar-refractivity contribution in [2.45, 2.75) is 39.2 Å². The average Bonchev–Trinajstić information content (AvgIpc) is 2.79. The number of allylic oxidation sites excluding steroid dienone is 2. The number of H-pyrrole nitrogens is 1. The summed E-state index contributed by atoms with van der Waals surface area (Å²) in [6, 6.07) is 0. The molecule has 1 heterocycles. The normalized spacial score (nSPS) is 15.0. The van der Waals surface area contributed by atoms with Crippen LogP contribution in [0.25, 0.3) is 0 Å². The summed E-state index contributed by atoms with van der Waals surface area (Å²) in [4.78, 5) is 25.0. The van der Waals surface area contributed by atoms with Gasteiger partial charge in [0.2, 0.25) is 5.88 Å². The summed E-state index contributed by atoms with van der Waals surface area (Å²) in [5, 5.41) is 9.76. The fourth-order valence-corrected chi connectivity index (χ4v) is 2.09. The van der Waals surface area contributed by atoms with Crippen molar-refractivity contribution in [3.05, 3.63) is 38.1 Å². The van der Waals surface area contributed by atoms with Crippen LogP contribution in [0.5, 0.6) is 5.88 Å². The maximum Gasteiger partial charge on any atom is 0.331 e. The fourth-order valence-electron chi connectivity index (χ4n) is 2.09. The molecule has 0 radical (unpaired) electrons. The molecule has 0 saturated carbocycles. The van der Waals surface area contributed by atoms with Crippen LogP contribution >= 0.6 is 0 Å². The van der Waals surface area contributed by atoms with E-state index in [1.807, 2.05) is 0 Å². The fraction of sp³-hybridized carbons (Fsp3) is 0.500. The first-order valence-electron chi connectivity index (χ1n) is 5.80. The topological polar surface area (TPSA) is 75.1 Å². The van der Waals surface area contributed by atoms with Gasteiger partial charge in [-0.05, 0) is 32.6 Å². The Balaban J connectivity index is 2.24. The Morgan fingerprint density at radius 3 is 2.88 bits per heavy atom. The minimum absolute atomic E-state index is 0.185. The monoisotopic (exact) mass is 236 g/mol. The van der Waals surface area contributed by atoms with Gasteiger partial charge in [0.25, 0.3) is 5.56 Å². The Bertz CT molecular complexity index is 566. The van der Waals surface area contributed by atoms with E-state index in [-0.39, 0.29) is 11.4 Å². The number of rotatable bonds is 3. The summed E-state index contributed by atoms with van der Waals surface area (Å²) < 4.78 is 1.22. The van der Waals surface area contributed by atoms with Gasteiger partial charge in [-0.2, -0.15) is 0 Å². The molecule has 2 rings (SSSR count). The second-order valence-corrected chi connectivity index (χ2v) is 4.36. The molecule has 92 valence electrons. The number of aromatic hydroxyl groups is 1. The molecule has 1 aromatic heterocycles. The van der Waals surface area contributed by atoms with Gasteiger partial charge >= 0.3 is 5.69 Å². The van der Waals surface area contributed by atoms with Gasteiger partial charge in [-0.1, -0.05) is 11.6 Å². The van der Waals surface area contributed by atoms with Crippen LogP contribution in [0, 0.1) is 6.92 Å². The zero-order chi connectivity index (χ0) is 12.4. The standard InChI is InChI=1S/C12H16N2O3/c1-8-10(15)13-12(17)14(11(8)16)7-6-9-4-2-3-5-9/h4,16H,2-3,5-7H2,1H3,(H,13,15,17). The second kappa shape index (κ2) is 4.61. The lowest BCUT2D eigenvalue weighted by Gasteiger charge is -2.09. The molecule has 5 heteroatoms. The Morgan fingerprint density at radius 2 is 2.24 bits per heavy atom. The Labute approximate surface area is 98.4 Å². The van der Waals surface area contributed by atoms with Crippen molar-refractivity contribution in [3.63, 3.8) is 0 Å². The number of hydrogen-bond acceptors (Lipinski definition) is 3. The van der Waals surface area contributed by atoms with Gasteiger partial charge in [-0.15, -0.1) is 0 Å². The highest BCUT2D eigenvalue weighted by Gasteiger charge is 2.11. The first-order valence-corrected chi connectivity index (χ1v) is 5.80. The van der Waals surface area contributed by atoms with E-state index >= 15 is 0 Å². The predicted molar refractivity (Wildman–Crippen MR) is 64.3 cm³/mol. The van der Waals surface area contributed by atoms with Crippen molar-refractivity contribution in [1.29, 1.82) is 0 Å². The number of aromatic amines is 1. The molecule has 1 aliphatic rings. The average molecular weight is 236 g/mol. The van der Waals surface area contributed by atoms with Crippen molar-refractivity contribution in [2.24, 2.45) is 0 Å². The first-order chi connectivity index (χ1) is 8.09. The van der Waals surface area contributed by atoms with Gasteiger partial charge in [-0.3, -0.25) is 14.3 Å². The largest absolute Gasteiger partial charge is 0.494 e. The maximum atomic E-state index is 11.5. The molecule has 0 saturated heterocycles. The van der Waals surface area contributed by atoms with Gasteiger partial charge < -0.3 is 5.11 Å². The summed E-state index contributed by atoms with van der Waals surface area (Å²) in [5.74, 6) is -0.225. The number of aromatic nitrogens is 2. The predicted octanol–water partition coefficient (Wildman–Crippen LogP) is 1.05. The van der Waals surface area contributed by atoms with Crippen molar-refractivity contribution < 1.29 is 5.11 Å². The molecule has 0 aliphatic heterocycles. The van der Waals surface area contributed by atoms with E-state index in [4.69, 9.17) is 0 Å². The third-order valence-corrected chi connectivity index (χ3v) is 3.19. The van der Waals surface area contributed by atoms with E-state index < -0.39 is 11.2 Å². The smallest absolute Gasteiger partial charge is 0.331 e. The molecular formula is C12H16N2O3. The molecule has 17 heavy (non-hydrogen) atoms. The summed E-state index contributed by atoms with van der Waals surface area (Å²) in [5.41, 5.74) is 0.436. The molecule has 1 aliphatic carbocycles. The van der Waals surface area contributed by atoms with E-state index in [1.165, 1.54) is 23.5 Å². The summed E-state index contributed by atoms with van der Waals surface area (Å²) in [7, 11) is 0. The zero-order valence-corrected chi connectivity index (χ0v) is 9.82. The van der Waals surface area contributed by atoms with Crippen molar-refractivity contribution in [2.75, 3.05) is 0 Å². The highest BCUT2D eigenvalue weighted by Crippen LogP contribution is 2.21. The van der Waals surface area contributed by atoms with Crippen LogP contribution in [-0.4, -0.2) is 14.7 Å². The molecule has 0 atom stereocenters. The summed E-state index contributed by atoms with van der Waals surface area (Å²) >= 11 is 0. The Kier molecular flexibility index (Phi) is 3.17. The number of nitrogens with zero attached hydrogens (tertiary/aromatic N) is 1. The van der Waals surface area contributed by atoms with Gasteiger partial charge in [0.15, 0.2) is 0 Å². The third-order valence-electron chi connectivity index (χ3n) is 3.19.